The van der Waals surface area contributed by atoms with Crippen molar-refractivity contribution >= 4 is 17.3 Å². The summed E-state index contributed by atoms with van der Waals surface area (Å²) in [6.07, 6.45) is 0.939. The SMILES string of the molecule is CC(=O)N1CCc2cc(NCc3ccc(C)cc3)ccc21. The quantitative estimate of drug-likeness (QED) is 0.933. The number of amides is 1. The van der Waals surface area contributed by atoms with Crippen molar-refractivity contribution in [3.63, 3.8) is 0 Å². The first-order valence-electron chi connectivity index (χ1n) is 7.34. The minimum atomic E-state index is 0.120. The Balaban J connectivity index is 1.70. The second-order valence-electron chi connectivity index (χ2n) is 5.60. The molecular formula is C18H20N2O. The first kappa shape index (κ1) is 13.7. The van der Waals surface area contributed by atoms with Crippen LogP contribution in [0.3, 0.4) is 0 Å². The summed E-state index contributed by atoms with van der Waals surface area (Å²) < 4.78 is 0. The van der Waals surface area contributed by atoms with E-state index in [-0.39, 0.29) is 5.91 Å². The average molecular weight is 280 g/mol. The average Bonchev–Trinajstić information content (AvgIpc) is 2.90. The smallest absolute Gasteiger partial charge is 0.223 e. The summed E-state index contributed by atoms with van der Waals surface area (Å²) in [5.41, 5.74) is 5.97. The van der Waals surface area contributed by atoms with Gasteiger partial charge in [-0.3, -0.25) is 4.79 Å². The lowest BCUT2D eigenvalue weighted by atomic mass is 10.1. The molecule has 0 spiro atoms. The highest BCUT2D eigenvalue weighted by Crippen LogP contribution is 2.30. The second-order valence-corrected chi connectivity index (χ2v) is 5.60. The van der Waals surface area contributed by atoms with Crippen LogP contribution in [0.15, 0.2) is 42.5 Å². The van der Waals surface area contributed by atoms with Gasteiger partial charge in [0.2, 0.25) is 5.91 Å². The molecule has 2 aromatic rings. The Morgan fingerprint density at radius 1 is 1.19 bits per heavy atom. The van der Waals surface area contributed by atoms with Gasteiger partial charge in [-0.05, 0) is 42.7 Å². The van der Waals surface area contributed by atoms with Crippen molar-refractivity contribution in [1.29, 1.82) is 0 Å². The van der Waals surface area contributed by atoms with Crippen LogP contribution in [0.1, 0.15) is 23.6 Å². The molecule has 0 unspecified atom stereocenters. The number of carbonyl (C=O) groups is 1. The number of hydrogen-bond donors (Lipinski definition) is 1. The Labute approximate surface area is 125 Å². The fourth-order valence-corrected chi connectivity index (χ4v) is 2.75. The normalized spacial score (nSPS) is 13.1. The van der Waals surface area contributed by atoms with Gasteiger partial charge in [-0.2, -0.15) is 0 Å². The van der Waals surface area contributed by atoms with Crippen molar-refractivity contribution in [3.05, 3.63) is 59.2 Å². The maximum Gasteiger partial charge on any atom is 0.223 e. The highest BCUT2D eigenvalue weighted by Gasteiger charge is 2.21. The van der Waals surface area contributed by atoms with E-state index in [0.29, 0.717) is 0 Å². The first-order valence-corrected chi connectivity index (χ1v) is 7.34. The van der Waals surface area contributed by atoms with Crippen molar-refractivity contribution in [2.45, 2.75) is 26.8 Å². The van der Waals surface area contributed by atoms with E-state index in [4.69, 9.17) is 0 Å². The Morgan fingerprint density at radius 2 is 1.95 bits per heavy atom. The van der Waals surface area contributed by atoms with Gasteiger partial charge in [-0.15, -0.1) is 0 Å². The zero-order chi connectivity index (χ0) is 14.8. The molecule has 0 bridgehead atoms. The van der Waals surface area contributed by atoms with Crippen LogP contribution in [0.5, 0.6) is 0 Å². The Kier molecular flexibility index (Phi) is 3.65. The van der Waals surface area contributed by atoms with E-state index in [1.54, 1.807) is 6.92 Å². The second kappa shape index (κ2) is 5.60. The number of nitrogens with zero attached hydrogens (tertiary/aromatic N) is 1. The molecule has 1 aliphatic heterocycles. The third-order valence-corrected chi connectivity index (χ3v) is 3.97. The molecule has 3 nitrogen and oxygen atoms in total. The summed E-state index contributed by atoms with van der Waals surface area (Å²) in [4.78, 5) is 13.4. The van der Waals surface area contributed by atoms with E-state index < -0.39 is 0 Å². The predicted octanol–water partition coefficient (Wildman–Crippen LogP) is 3.52. The monoisotopic (exact) mass is 280 g/mol. The molecule has 0 aliphatic carbocycles. The van der Waals surface area contributed by atoms with E-state index in [1.165, 1.54) is 16.7 Å². The van der Waals surface area contributed by atoms with Crippen LogP contribution in [0, 0.1) is 6.92 Å². The van der Waals surface area contributed by atoms with Gasteiger partial charge in [0.25, 0.3) is 0 Å². The number of aryl methyl sites for hydroxylation is 1. The third-order valence-electron chi connectivity index (χ3n) is 3.97. The van der Waals surface area contributed by atoms with Gasteiger partial charge >= 0.3 is 0 Å². The van der Waals surface area contributed by atoms with E-state index in [9.17, 15) is 4.79 Å². The van der Waals surface area contributed by atoms with Crippen LogP contribution in [-0.4, -0.2) is 12.5 Å². The van der Waals surface area contributed by atoms with E-state index >= 15 is 0 Å². The Hall–Kier alpha value is -2.29. The number of hydrogen-bond acceptors (Lipinski definition) is 2. The number of anilines is 2. The fourth-order valence-electron chi connectivity index (χ4n) is 2.75. The molecule has 1 aliphatic rings. The van der Waals surface area contributed by atoms with E-state index in [2.05, 4.69) is 42.6 Å². The van der Waals surface area contributed by atoms with Crippen molar-refractivity contribution in [3.8, 4) is 0 Å². The van der Waals surface area contributed by atoms with E-state index in [0.717, 1.165) is 30.9 Å². The molecule has 108 valence electrons. The van der Waals surface area contributed by atoms with Gasteiger partial charge in [-0.1, -0.05) is 29.8 Å². The maximum atomic E-state index is 11.5. The van der Waals surface area contributed by atoms with Gasteiger partial charge in [-0.25, -0.2) is 0 Å². The third kappa shape index (κ3) is 2.92. The molecule has 3 heteroatoms. The van der Waals surface area contributed by atoms with Crippen molar-refractivity contribution in [1.82, 2.24) is 0 Å². The van der Waals surface area contributed by atoms with Gasteiger partial charge in [0.15, 0.2) is 0 Å². The zero-order valence-corrected chi connectivity index (χ0v) is 12.5. The number of benzene rings is 2. The topological polar surface area (TPSA) is 32.3 Å². The van der Waals surface area contributed by atoms with Gasteiger partial charge < -0.3 is 10.2 Å². The summed E-state index contributed by atoms with van der Waals surface area (Å²) in [6, 6.07) is 14.8. The molecule has 1 amide bonds. The molecule has 1 heterocycles. The standard InChI is InChI=1S/C18H20N2O/c1-13-3-5-15(6-4-13)12-19-17-7-8-18-16(11-17)9-10-20(18)14(2)21/h3-8,11,19H,9-10,12H2,1-2H3. The van der Waals surface area contributed by atoms with Gasteiger partial charge in [0.05, 0.1) is 0 Å². The molecule has 3 rings (SSSR count). The zero-order valence-electron chi connectivity index (χ0n) is 12.5. The van der Waals surface area contributed by atoms with E-state index in [1.807, 2.05) is 17.0 Å². The van der Waals surface area contributed by atoms with Crippen molar-refractivity contribution < 1.29 is 4.79 Å². The maximum absolute atomic E-state index is 11.5. The molecule has 0 saturated heterocycles. The Morgan fingerprint density at radius 3 is 2.67 bits per heavy atom. The van der Waals surface area contributed by atoms with Crippen LogP contribution in [0.4, 0.5) is 11.4 Å². The summed E-state index contributed by atoms with van der Waals surface area (Å²) in [5, 5.41) is 3.45. The summed E-state index contributed by atoms with van der Waals surface area (Å²) in [5.74, 6) is 0.120. The Bertz CT molecular complexity index is 661. The molecule has 21 heavy (non-hydrogen) atoms. The number of rotatable bonds is 3. The van der Waals surface area contributed by atoms with Crippen LogP contribution >= 0.6 is 0 Å². The molecule has 0 fully saturated rings. The lowest BCUT2D eigenvalue weighted by molar-refractivity contribution is -0.116. The number of nitrogens with one attached hydrogen (secondary N) is 1. The molecule has 0 atom stereocenters. The summed E-state index contributed by atoms with van der Waals surface area (Å²) in [6.45, 7) is 5.33. The number of fused-ring (bicyclic) bond motifs is 1. The highest BCUT2D eigenvalue weighted by atomic mass is 16.2. The fraction of sp³-hybridized carbons (Fsp3) is 0.278. The van der Waals surface area contributed by atoms with Crippen LogP contribution in [0.2, 0.25) is 0 Å². The van der Waals surface area contributed by atoms with Crippen LogP contribution in [-0.2, 0) is 17.8 Å². The largest absolute Gasteiger partial charge is 0.381 e. The van der Waals surface area contributed by atoms with Crippen LogP contribution < -0.4 is 10.2 Å². The molecule has 1 N–H and O–H groups in total. The predicted molar refractivity (Wildman–Crippen MR) is 86.7 cm³/mol. The minimum absolute atomic E-state index is 0.120. The molecule has 2 aromatic carbocycles. The summed E-state index contributed by atoms with van der Waals surface area (Å²) in [7, 11) is 0. The minimum Gasteiger partial charge on any atom is -0.381 e. The molecule has 0 radical (unpaired) electrons. The van der Waals surface area contributed by atoms with Gasteiger partial charge in [0, 0.05) is 31.4 Å². The highest BCUT2D eigenvalue weighted by molar-refractivity contribution is 5.94. The molecular weight excluding hydrogens is 260 g/mol. The lowest BCUT2D eigenvalue weighted by Gasteiger charge is -2.15. The molecule has 0 saturated carbocycles. The lowest BCUT2D eigenvalue weighted by Crippen LogP contribution is -2.25. The first-order chi connectivity index (χ1) is 10.1. The van der Waals surface area contributed by atoms with Crippen molar-refractivity contribution in [2.75, 3.05) is 16.8 Å². The van der Waals surface area contributed by atoms with Gasteiger partial charge in [0.1, 0.15) is 0 Å². The van der Waals surface area contributed by atoms with Crippen LogP contribution in [0.25, 0.3) is 0 Å². The number of carbonyl (C=O) groups excluding carboxylic acids is 1. The summed E-state index contributed by atoms with van der Waals surface area (Å²) >= 11 is 0. The molecule has 0 aromatic heterocycles. The van der Waals surface area contributed by atoms with Crippen molar-refractivity contribution in [2.24, 2.45) is 0 Å².